The number of nitrogens with zero attached hydrogens (tertiary/aromatic N) is 4. The molecule has 0 bridgehead atoms. The number of carbonyl (C=O) groups excluding carboxylic acids is 1. The van der Waals surface area contributed by atoms with Gasteiger partial charge in [0.05, 0.1) is 5.69 Å². The van der Waals surface area contributed by atoms with Crippen LogP contribution < -0.4 is 15.8 Å². The predicted octanol–water partition coefficient (Wildman–Crippen LogP) is 1.22. The number of hydrogen-bond acceptors (Lipinski definition) is 6. The van der Waals surface area contributed by atoms with Gasteiger partial charge in [0.15, 0.2) is 5.69 Å². The van der Waals surface area contributed by atoms with E-state index in [2.05, 4.69) is 27.1 Å². The van der Waals surface area contributed by atoms with Gasteiger partial charge in [-0.25, -0.2) is 9.37 Å². The lowest BCUT2D eigenvalue weighted by atomic mass is 10.2. The summed E-state index contributed by atoms with van der Waals surface area (Å²) in [7, 11) is 2.06. The lowest BCUT2D eigenvalue weighted by molar-refractivity contribution is 0.0942. The van der Waals surface area contributed by atoms with Gasteiger partial charge in [0.25, 0.3) is 5.91 Å². The van der Waals surface area contributed by atoms with Crippen molar-refractivity contribution >= 4 is 17.2 Å². The molecule has 0 unspecified atom stereocenters. The van der Waals surface area contributed by atoms with Crippen molar-refractivity contribution in [3.05, 3.63) is 70.0 Å². The number of anilines is 1. The molecule has 1 saturated heterocycles. The van der Waals surface area contributed by atoms with Crippen molar-refractivity contribution < 1.29 is 14.3 Å². The molecule has 1 fully saturated rings. The van der Waals surface area contributed by atoms with E-state index in [0.717, 1.165) is 31.9 Å². The van der Waals surface area contributed by atoms with Crippen LogP contribution in [0.25, 0.3) is 5.65 Å². The molecule has 0 saturated carbocycles. The van der Waals surface area contributed by atoms with E-state index in [4.69, 9.17) is 0 Å². The minimum atomic E-state index is -0.709. The number of hydrogen-bond donors (Lipinski definition) is 2. The van der Waals surface area contributed by atoms with E-state index in [0.29, 0.717) is 5.56 Å². The molecule has 2 aromatic heterocycles. The molecule has 8 nitrogen and oxygen atoms in total. The van der Waals surface area contributed by atoms with E-state index in [1.807, 2.05) is 6.07 Å². The van der Waals surface area contributed by atoms with Gasteiger partial charge >= 0.3 is 5.56 Å². The second-order valence-electron chi connectivity index (χ2n) is 7.33. The third-order valence-electron chi connectivity index (χ3n) is 5.23. The van der Waals surface area contributed by atoms with Crippen LogP contribution in [-0.4, -0.2) is 58.5 Å². The molecule has 30 heavy (non-hydrogen) atoms. The molecule has 1 amide bonds. The lowest BCUT2D eigenvalue weighted by Crippen LogP contribution is -2.44. The highest BCUT2D eigenvalue weighted by Gasteiger charge is 2.20. The highest BCUT2D eigenvalue weighted by molar-refractivity contribution is 5.95. The van der Waals surface area contributed by atoms with Crippen LogP contribution in [0.4, 0.5) is 10.1 Å². The van der Waals surface area contributed by atoms with Gasteiger partial charge in [-0.2, -0.15) is 0 Å². The number of fused-ring (bicyclic) bond motifs is 1. The third-order valence-corrected chi connectivity index (χ3v) is 5.23. The Labute approximate surface area is 172 Å². The van der Waals surface area contributed by atoms with Crippen LogP contribution >= 0.6 is 0 Å². The fourth-order valence-corrected chi connectivity index (χ4v) is 3.40. The van der Waals surface area contributed by atoms with Gasteiger partial charge < -0.3 is 20.2 Å². The number of benzene rings is 1. The summed E-state index contributed by atoms with van der Waals surface area (Å²) in [5.74, 6) is -1.76. The second kappa shape index (κ2) is 8.11. The fourth-order valence-electron chi connectivity index (χ4n) is 3.40. The molecule has 156 valence electrons. The summed E-state index contributed by atoms with van der Waals surface area (Å²) in [5.41, 5.74) is 0.756. The van der Waals surface area contributed by atoms with E-state index in [9.17, 15) is 19.1 Å². The van der Waals surface area contributed by atoms with Crippen LogP contribution in [0.15, 0.2) is 47.4 Å². The zero-order chi connectivity index (χ0) is 21.3. The molecule has 4 rings (SSSR count). The number of aromatic hydroxyl groups is 1. The third kappa shape index (κ3) is 3.97. The maximum absolute atomic E-state index is 13.0. The van der Waals surface area contributed by atoms with Crippen molar-refractivity contribution in [1.82, 2.24) is 19.6 Å². The summed E-state index contributed by atoms with van der Waals surface area (Å²) >= 11 is 0. The van der Waals surface area contributed by atoms with Gasteiger partial charge in [-0.3, -0.25) is 14.0 Å². The molecule has 0 spiro atoms. The number of piperazine rings is 1. The topological polar surface area (TPSA) is 90.2 Å². The quantitative estimate of drug-likeness (QED) is 0.671. The summed E-state index contributed by atoms with van der Waals surface area (Å²) in [6.07, 6.45) is 1.63. The molecule has 0 radical (unpaired) electrons. The maximum atomic E-state index is 13.0. The first-order valence-corrected chi connectivity index (χ1v) is 9.64. The van der Waals surface area contributed by atoms with Crippen LogP contribution in [0.1, 0.15) is 16.1 Å². The smallest absolute Gasteiger partial charge is 0.300 e. The monoisotopic (exact) mass is 411 g/mol. The number of halogens is 1. The second-order valence-corrected chi connectivity index (χ2v) is 7.33. The number of pyridine rings is 1. The molecule has 0 atom stereocenters. The van der Waals surface area contributed by atoms with Crippen molar-refractivity contribution in [2.75, 3.05) is 38.1 Å². The Bertz CT molecular complexity index is 1140. The van der Waals surface area contributed by atoms with E-state index < -0.39 is 17.2 Å². The molecular weight excluding hydrogens is 389 g/mol. The summed E-state index contributed by atoms with van der Waals surface area (Å²) in [4.78, 5) is 33.7. The largest absolute Gasteiger partial charge is 0.501 e. The van der Waals surface area contributed by atoms with Crippen LogP contribution in [0.5, 0.6) is 5.75 Å². The summed E-state index contributed by atoms with van der Waals surface area (Å²) in [6.45, 7) is 3.62. The molecule has 3 aromatic rings. The summed E-state index contributed by atoms with van der Waals surface area (Å²) in [6, 6.07) is 9.17. The van der Waals surface area contributed by atoms with Gasteiger partial charge in [0.2, 0.25) is 5.75 Å². The van der Waals surface area contributed by atoms with Crippen molar-refractivity contribution in [2.24, 2.45) is 0 Å². The van der Waals surface area contributed by atoms with Crippen molar-refractivity contribution in [3.63, 3.8) is 0 Å². The predicted molar refractivity (Wildman–Crippen MR) is 110 cm³/mol. The van der Waals surface area contributed by atoms with E-state index in [-0.39, 0.29) is 23.7 Å². The van der Waals surface area contributed by atoms with Gasteiger partial charge in [-0.15, -0.1) is 0 Å². The minimum Gasteiger partial charge on any atom is -0.501 e. The zero-order valence-corrected chi connectivity index (χ0v) is 16.5. The zero-order valence-electron chi connectivity index (χ0n) is 16.5. The minimum absolute atomic E-state index is 0.113. The van der Waals surface area contributed by atoms with E-state index in [1.165, 1.54) is 28.7 Å². The molecule has 9 heteroatoms. The molecule has 0 aliphatic carbocycles. The molecule has 3 heterocycles. The van der Waals surface area contributed by atoms with Crippen molar-refractivity contribution in [3.8, 4) is 5.75 Å². The summed E-state index contributed by atoms with van der Waals surface area (Å²) < 4.78 is 14.2. The molecule has 1 aliphatic heterocycles. The molecule has 1 aliphatic rings. The average molecular weight is 411 g/mol. The van der Waals surface area contributed by atoms with Crippen LogP contribution in [0.2, 0.25) is 0 Å². The maximum Gasteiger partial charge on any atom is 0.300 e. The number of nitrogens with one attached hydrogen (secondary N) is 1. The van der Waals surface area contributed by atoms with Gasteiger partial charge in [-0.05, 0) is 36.9 Å². The fraction of sp³-hybridized carbons (Fsp3) is 0.286. The van der Waals surface area contributed by atoms with Gasteiger partial charge in [-0.1, -0.05) is 12.1 Å². The van der Waals surface area contributed by atoms with E-state index in [1.54, 1.807) is 12.3 Å². The van der Waals surface area contributed by atoms with Crippen LogP contribution in [0.3, 0.4) is 0 Å². The van der Waals surface area contributed by atoms with Gasteiger partial charge in [0, 0.05) is 38.9 Å². The Balaban J connectivity index is 1.58. The first kappa shape index (κ1) is 19.8. The van der Waals surface area contributed by atoms with Crippen molar-refractivity contribution in [1.29, 1.82) is 0 Å². The Kier molecular flexibility index (Phi) is 5.37. The Morgan fingerprint density at radius 2 is 1.83 bits per heavy atom. The Morgan fingerprint density at radius 1 is 1.13 bits per heavy atom. The standard InChI is InChI=1S/C21H22FN5O3/c1-25-8-10-26(11-9-25)16-6-7-17-24-18(19(28)21(30)27(17)13-16)20(29)23-12-14-2-4-15(22)5-3-14/h2-7,13,28H,8-12H2,1H3,(H,23,29). The Hall–Kier alpha value is -3.46. The molecule has 1 aromatic carbocycles. The average Bonchev–Trinajstić information content (AvgIpc) is 2.76. The van der Waals surface area contributed by atoms with Crippen molar-refractivity contribution in [2.45, 2.75) is 6.54 Å². The number of carbonyl (C=O) groups is 1. The molecule has 2 N–H and O–H groups in total. The van der Waals surface area contributed by atoms with Crippen LogP contribution in [-0.2, 0) is 6.54 Å². The lowest BCUT2D eigenvalue weighted by Gasteiger charge is -2.34. The first-order valence-electron chi connectivity index (χ1n) is 9.64. The number of aromatic nitrogens is 2. The number of rotatable bonds is 4. The first-order chi connectivity index (χ1) is 14.4. The highest BCUT2D eigenvalue weighted by atomic mass is 19.1. The van der Waals surface area contributed by atoms with Gasteiger partial charge in [0.1, 0.15) is 11.5 Å². The van der Waals surface area contributed by atoms with E-state index >= 15 is 0 Å². The molecular formula is C21H22FN5O3. The number of likely N-dealkylation sites (N-methyl/N-ethyl adjacent to an activating group) is 1. The normalized spacial score (nSPS) is 14.8. The SMILES string of the molecule is CN1CCN(c2ccc3nc(C(=O)NCc4ccc(F)cc4)c(O)c(=O)n3c2)CC1. The summed E-state index contributed by atoms with van der Waals surface area (Å²) in [5, 5.41) is 12.9. The highest BCUT2D eigenvalue weighted by Crippen LogP contribution is 2.18. The number of amides is 1. The van der Waals surface area contributed by atoms with Crippen LogP contribution in [0, 0.1) is 5.82 Å². The Morgan fingerprint density at radius 3 is 2.53 bits per heavy atom.